The van der Waals surface area contributed by atoms with E-state index in [2.05, 4.69) is 10.3 Å². The van der Waals surface area contributed by atoms with Crippen LogP contribution < -0.4 is 9.80 Å². The lowest BCUT2D eigenvalue weighted by atomic mass is 10.0. The van der Waals surface area contributed by atoms with Gasteiger partial charge >= 0.3 is 12.1 Å². The Kier molecular flexibility index (Phi) is 6.09. The third-order valence-corrected chi connectivity index (χ3v) is 6.21. The van der Waals surface area contributed by atoms with E-state index < -0.39 is 29.8 Å². The minimum absolute atomic E-state index is 0.0791. The summed E-state index contributed by atoms with van der Waals surface area (Å²) in [5.41, 5.74) is 0.973. The van der Waals surface area contributed by atoms with Crippen LogP contribution in [0, 0.1) is 5.82 Å². The summed E-state index contributed by atoms with van der Waals surface area (Å²) in [6.07, 6.45) is 1.69. The molecule has 0 N–H and O–H groups in total. The van der Waals surface area contributed by atoms with Gasteiger partial charge in [0.1, 0.15) is 11.9 Å². The van der Waals surface area contributed by atoms with Crippen molar-refractivity contribution in [2.24, 2.45) is 0 Å². The van der Waals surface area contributed by atoms with Gasteiger partial charge in [0.15, 0.2) is 11.5 Å². The van der Waals surface area contributed by atoms with Gasteiger partial charge in [-0.2, -0.15) is 0 Å². The first-order valence-corrected chi connectivity index (χ1v) is 11.3. The van der Waals surface area contributed by atoms with Gasteiger partial charge in [0.2, 0.25) is 0 Å². The van der Waals surface area contributed by atoms with Crippen molar-refractivity contribution in [1.29, 1.82) is 0 Å². The molecule has 0 unspecified atom stereocenters. The van der Waals surface area contributed by atoms with Crippen molar-refractivity contribution in [1.82, 2.24) is 15.0 Å². The first-order chi connectivity index (χ1) is 16.5. The molecule has 3 fully saturated rings. The highest BCUT2D eigenvalue weighted by atomic mass is 19.1. The predicted molar refractivity (Wildman–Crippen MR) is 116 cm³/mol. The number of nitrogens with zero attached hydrogens (tertiary/aromatic N) is 5. The molecule has 3 aliphatic rings. The molecule has 2 aromatic rings. The third kappa shape index (κ3) is 4.42. The van der Waals surface area contributed by atoms with Gasteiger partial charge in [-0.05, 0) is 25.1 Å². The topological polar surface area (TPSA) is 108 Å². The van der Waals surface area contributed by atoms with Gasteiger partial charge in [0.05, 0.1) is 50.5 Å². The van der Waals surface area contributed by atoms with E-state index in [0.29, 0.717) is 50.5 Å². The number of rotatable bonds is 6. The first kappa shape index (κ1) is 22.5. The van der Waals surface area contributed by atoms with Gasteiger partial charge in [-0.15, -0.1) is 5.10 Å². The van der Waals surface area contributed by atoms with Crippen LogP contribution in [-0.2, 0) is 25.5 Å². The number of halogens is 1. The SMILES string of the molecule is CCOC(=O)c1cn(C[C@H]2CN(c3ccc(N4CCC5(CC4)OCCO5)c(F)c3)C(=O)O2)nn1. The zero-order valence-corrected chi connectivity index (χ0v) is 18.8. The molecule has 0 radical (unpaired) electrons. The Morgan fingerprint density at radius 2 is 2.03 bits per heavy atom. The van der Waals surface area contributed by atoms with Crippen LogP contribution in [0.1, 0.15) is 30.3 Å². The summed E-state index contributed by atoms with van der Waals surface area (Å²) in [5, 5.41) is 7.66. The van der Waals surface area contributed by atoms with Gasteiger partial charge in [-0.3, -0.25) is 4.90 Å². The van der Waals surface area contributed by atoms with Crippen molar-refractivity contribution in [3.05, 3.63) is 35.9 Å². The monoisotopic (exact) mass is 475 g/mol. The Morgan fingerprint density at radius 3 is 2.74 bits per heavy atom. The summed E-state index contributed by atoms with van der Waals surface area (Å²) < 4.78 is 38.2. The fourth-order valence-corrected chi connectivity index (χ4v) is 4.52. The van der Waals surface area contributed by atoms with Crippen LogP contribution in [0.25, 0.3) is 0 Å². The smallest absolute Gasteiger partial charge is 0.414 e. The summed E-state index contributed by atoms with van der Waals surface area (Å²) in [6, 6.07) is 4.74. The van der Waals surface area contributed by atoms with Crippen molar-refractivity contribution in [2.75, 3.05) is 49.3 Å². The molecule has 1 aromatic carbocycles. The van der Waals surface area contributed by atoms with Gasteiger partial charge < -0.3 is 23.8 Å². The van der Waals surface area contributed by atoms with Crippen LogP contribution >= 0.6 is 0 Å². The minimum Gasteiger partial charge on any atom is -0.461 e. The van der Waals surface area contributed by atoms with Gasteiger partial charge in [0.25, 0.3) is 0 Å². The van der Waals surface area contributed by atoms with Crippen LogP contribution in [0.2, 0.25) is 0 Å². The standard InChI is InChI=1S/C22H26FN5O6/c1-2-31-20(29)18-14-27(25-24-18)12-16-13-28(21(30)34-16)15-3-4-19(17(23)11-15)26-7-5-22(6-8-26)32-9-10-33-22/h3-4,11,14,16H,2,5-10,12-13H2,1H3/t16-/m0/s1. The third-order valence-electron chi connectivity index (χ3n) is 6.21. The lowest BCUT2D eigenvalue weighted by molar-refractivity contribution is -0.169. The average molecular weight is 475 g/mol. The van der Waals surface area contributed by atoms with Gasteiger partial charge in [-0.25, -0.2) is 18.7 Å². The van der Waals surface area contributed by atoms with E-state index in [1.165, 1.54) is 21.8 Å². The quantitative estimate of drug-likeness (QED) is 0.579. The molecule has 1 spiro atoms. The van der Waals surface area contributed by atoms with E-state index in [4.69, 9.17) is 18.9 Å². The van der Waals surface area contributed by atoms with Crippen LogP contribution in [0.5, 0.6) is 0 Å². The summed E-state index contributed by atoms with van der Waals surface area (Å²) in [6.45, 7) is 4.79. The highest BCUT2D eigenvalue weighted by Gasteiger charge is 2.40. The molecule has 1 amide bonds. The van der Waals surface area contributed by atoms with Crippen molar-refractivity contribution in [3.63, 3.8) is 0 Å². The molecule has 12 heteroatoms. The molecule has 0 aliphatic carbocycles. The Balaban J connectivity index is 1.21. The van der Waals surface area contributed by atoms with Gasteiger partial charge in [-0.1, -0.05) is 5.21 Å². The first-order valence-electron chi connectivity index (χ1n) is 11.3. The van der Waals surface area contributed by atoms with Crippen molar-refractivity contribution in [2.45, 2.75) is 38.2 Å². The van der Waals surface area contributed by atoms with E-state index in [1.54, 1.807) is 19.1 Å². The molecule has 4 heterocycles. The molecule has 3 aliphatic heterocycles. The number of cyclic esters (lactones) is 1. The fraction of sp³-hybridized carbons (Fsp3) is 0.545. The fourth-order valence-electron chi connectivity index (χ4n) is 4.52. The Hall–Kier alpha value is -3.25. The molecular formula is C22H26FN5O6. The normalized spacial score (nSPS) is 21.8. The molecule has 1 aromatic heterocycles. The Morgan fingerprint density at radius 1 is 1.26 bits per heavy atom. The lowest BCUT2D eigenvalue weighted by Gasteiger charge is -2.38. The molecular weight excluding hydrogens is 449 g/mol. The van der Waals surface area contributed by atoms with Gasteiger partial charge in [0, 0.05) is 25.9 Å². The molecule has 1 atom stereocenters. The largest absolute Gasteiger partial charge is 0.461 e. The molecule has 5 rings (SSSR count). The van der Waals surface area contributed by atoms with Crippen molar-refractivity contribution in [3.8, 4) is 0 Å². The van der Waals surface area contributed by atoms with Crippen molar-refractivity contribution < 1.29 is 32.9 Å². The zero-order valence-electron chi connectivity index (χ0n) is 18.8. The number of esters is 1. The van der Waals surface area contributed by atoms with Crippen molar-refractivity contribution >= 4 is 23.4 Å². The molecule has 0 bridgehead atoms. The average Bonchev–Trinajstić information content (AvgIpc) is 3.56. The zero-order chi connectivity index (χ0) is 23.7. The number of carbonyl (C=O) groups is 2. The number of ether oxygens (including phenoxy) is 4. The number of aromatic nitrogens is 3. The molecule has 182 valence electrons. The molecule has 11 nitrogen and oxygen atoms in total. The maximum absolute atomic E-state index is 15.0. The number of piperidine rings is 1. The van der Waals surface area contributed by atoms with E-state index in [1.807, 2.05) is 4.90 Å². The minimum atomic E-state index is -0.571. The predicted octanol–water partition coefficient (Wildman–Crippen LogP) is 1.96. The van der Waals surface area contributed by atoms with Crippen LogP contribution in [-0.4, -0.2) is 78.4 Å². The highest BCUT2D eigenvalue weighted by molar-refractivity contribution is 5.90. The Bertz CT molecular complexity index is 1060. The second kappa shape index (κ2) is 9.18. The Labute approximate surface area is 195 Å². The number of hydrogen-bond donors (Lipinski definition) is 0. The summed E-state index contributed by atoms with van der Waals surface area (Å²) in [5.74, 6) is -1.50. The second-order valence-corrected chi connectivity index (χ2v) is 8.39. The molecule has 3 saturated heterocycles. The van der Waals surface area contributed by atoms with E-state index in [-0.39, 0.29) is 25.4 Å². The molecule has 0 saturated carbocycles. The van der Waals surface area contributed by atoms with E-state index >= 15 is 4.39 Å². The summed E-state index contributed by atoms with van der Waals surface area (Å²) in [4.78, 5) is 27.5. The number of benzene rings is 1. The van der Waals surface area contributed by atoms with E-state index in [9.17, 15) is 9.59 Å². The second-order valence-electron chi connectivity index (χ2n) is 8.39. The summed E-state index contributed by atoms with van der Waals surface area (Å²) >= 11 is 0. The number of hydrogen-bond acceptors (Lipinski definition) is 9. The highest BCUT2D eigenvalue weighted by Crippen LogP contribution is 2.35. The van der Waals surface area contributed by atoms with Crippen LogP contribution in [0.4, 0.5) is 20.6 Å². The molecule has 34 heavy (non-hydrogen) atoms. The number of anilines is 2. The van der Waals surface area contributed by atoms with E-state index in [0.717, 1.165) is 0 Å². The van der Waals surface area contributed by atoms with Crippen LogP contribution in [0.15, 0.2) is 24.4 Å². The van der Waals surface area contributed by atoms with Crippen LogP contribution in [0.3, 0.4) is 0 Å². The number of amides is 1. The maximum atomic E-state index is 15.0. The maximum Gasteiger partial charge on any atom is 0.414 e. The summed E-state index contributed by atoms with van der Waals surface area (Å²) in [7, 11) is 0. The lowest BCUT2D eigenvalue weighted by Crippen LogP contribution is -2.45. The number of carbonyl (C=O) groups excluding carboxylic acids is 2.